The number of nitrogens with zero attached hydrogens (tertiary/aromatic N) is 2. The lowest BCUT2D eigenvalue weighted by Gasteiger charge is -2.20. The summed E-state index contributed by atoms with van der Waals surface area (Å²) in [6, 6.07) is 7.29. The number of halogens is 3. The van der Waals surface area contributed by atoms with Crippen molar-refractivity contribution < 1.29 is 22.7 Å². The van der Waals surface area contributed by atoms with Crippen LogP contribution in [0.1, 0.15) is 16.9 Å². The highest BCUT2D eigenvalue weighted by atomic mass is 19.4. The van der Waals surface area contributed by atoms with Crippen LogP contribution >= 0.6 is 0 Å². The molecule has 0 unspecified atom stereocenters. The van der Waals surface area contributed by atoms with Crippen LogP contribution in [0.2, 0.25) is 0 Å². The number of carbonyl (C=O) groups excluding carboxylic acids is 1. The fraction of sp³-hybridized carbons (Fsp3) is 0.333. The SMILES string of the molecule is O=C(N[C@@H]1CCN(c2cccc(OC(F)(F)F)c2)C1)c1ccn[nH]1. The van der Waals surface area contributed by atoms with Gasteiger partial charge in [0, 0.05) is 37.1 Å². The van der Waals surface area contributed by atoms with Crippen LogP contribution in [0.25, 0.3) is 0 Å². The zero-order valence-electron chi connectivity index (χ0n) is 12.5. The van der Waals surface area contributed by atoms with Gasteiger partial charge < -0.3 is 15.0 Å². The highest BCUT2D eigenvalue weighted by Crippen LogP contribution is 2.28. The van der Waals surface area contributed by atoms with Gasteiger partial charge in [0.15, 0.2) is 0 Å². The highest BCUT2D eigenvalue weighted by molar-refractivity contribution is 5.92. The maximum atomic E-state index is 12.3. The minimum atomic E-state index is -4.72. The summed E-state index contributed by atoms with van der Waals surface area (Å²) in [5.41, 5.74) is 0.990. The van der Waals surface area contributed by atoms with Gasteiger partial charge >= 0.3 is 6.36 Å². The first kappa shape index (κ1) is 16.2. The smallest absolute Gasteiger partial charge is 0.406 e. The van der Waals surface area contributed by atoms with Crippen LogP contribution in [0, 0.1) is 0 Å². The number of alkyl halides is 3. The average molecular weight is 340 g/mol. The maximum absolute atomic E-state index is 12.3. The largest absolute Gasteiger partial charge is 0.573 e. The first-order valence-corrected chi connectivity index (χ1v) is 7.32. The Morgan fingerprint density at radius 2 is 2.21 bits per heavy atom. The number of aromatic nitrogens is 2. The molecule has 2 aromatic rings. The summed E-state index contributed by atoms with van der Waals surface area (Å²) in [6.07, 6.45) is -2.53. The van der Waals surface area contributed by atoms with E-state index in [1.54, 1.807) is 12.1 Å². The van der Waals surface area contributed by atoms with Crippen LogP contribution in [-0.4, -0.2) is 41.6 Å². The standard InChI is InChI=1S/C15H15F3N4O2/c16-15(17,18)24-12-3-1-2-11(8-12)22-7-5-10(9-22)20-14(23)13-4-6-19-21-13/h1-4,6,8,10H,5,7,9H2,(H,19,21)(H,20,23)/t10-/m1/s1. The third kappa shape index (κ3) is 3.98. The van der Waals surface area contributed by atoms with Gasteiger partial charge in [-0.3, -0.25) is 9.89 Å². The van der Waals surface area contributed by atoms with Gasteiger partial charge in [0.05, 0.1) is 0 Å². The Morgan fingerprint density at radius 3 is 2.92 bits per heavy atom. The molecule has 1 fully saturated rings. The number of hydrogen-bond donors (Lipinski definition) is 2. The maximum Gasteiger partial charge on any atom is 0.573 e. The van der Waals surface area contributed by atoms with Gasteiger partial charge in [-0.05, 0) is 24.6 Å². The molecule has 0 spiro atoms. The van der Waals surface area contributed by atoms with Crippen molar-refractivity contribution in [3.8, 4) is 5.75 Å². The van der Waals surface area contributed by atoms with E-state index in [1.807, 2.05) is 4.90 Å². The van der Waals surface area contributed by atoms with E-state index < -0.39 is 6.36 Å². The normalized spacial score (nSPS) is 17.8. The van der Waals surface area contributed by atoms with E-state index in [0.717, 1.165) is 0 Å². The second-order valence-corrected chi connectivity index (χ2v) is 5.42. The Morgan fingerprint density at radius 1 is 1.38 bits per heavy atom. The van der Waals surface area contributed by atoms with Crippen LogP contribution in [-0.2, 0) is 0 Å². The van der Waals surface area contributed by atoms with Crippen LogP contribution in [0.5, 0.6) is 5.75 Å². The average Bonchev–Trinajstić information content (AvgIpc) is 3.17. The molecule has 1 aromatic heterocycles. The minimum Gasteiger partial charge on any atom is -0.406 e. The molecule has 1 saturated heterocycles. The molecule has 3 rings (SSSR count). The van der Waals surface area contributed by atoms with Crippen molar-refractivity contribution in [2.24, 2.45) is 0 Å². The Bertz CT molecular complexity index is 703. The summed E-state index contributed by atoms with van der Waals surface area (Å²) in [5.74, 6) is -0.515. The summed E-state index contributed by atoms with van der Waals surface area (Å²) in [7, 11) is 0. The number of benzene rings is 1. The van der Waals surface area contributed by atoms with Crippen LogP contribution in [0.4, 0.5) is 18.9 Å². The number of rotatable bonds is 4. The highest BCUT2D eigenvalue weighted by Gasteiger charge is 2.31. The van der Waals surface area contributed by atoms with Gasteiger partial charge in [-0.2, -0.15) is 5.10 Å². The van der Waals surface area contributed by atoms with Gasteiger partial charge in [0.25, 0.3) is 5.91 Å². The summed E-state index contributed by atoms with van der Waals surface area (Å²) in [4.78, 5) is 13.9. The number of amides is 1. The molecular formula is C15H15F3N4O2. The molecule has 1 amide bonds. The molecule has 1 atom stereocenters. The van der Waals surface area contributed by atoms with Crippen molar-refractivity contribution in [2.45, 2.75) is 18.8 Å². The predicted octanol–water partition coefficient (Wildman–Crippen LogP) is 2.32. The molecule has 0 bridgehead atoms. The van der Waals surface area contributed by atoms with E-state index in [2.05, 4.69) is 20.3 Å². The summed E-state index contributed by atoms with van der Waals surface area (Å²) >= 11 is 0. The molecule has 128 valence electrons. The first-order valence-electron chi connectivity index (χ1n) is 7.32. The van der Waals surface area contributed by atoms with Gasteiger partial charge in [-0.25, -0.2) is 0 Å². The zero-order chi connectivity index (χ0) is 17.2. The lowest BCUT2D eigenvalue weighted by molar-refractivity contribution is -0.274. The molecule has 1 aliphatic rings. The van der Waals surface area contributed by atoms with E-state index in [1.165, 1.54) is 24.4 Å². The van der Waals surface area contributed by atoms with Gasteiger partial charge in [-0.15, -0.1) is 13.2 Å². The Balaban J connectivity index is 1.61. The van der Waals surface area contributed by atoms with Crippen molar-refractivity contribution in [1.82, 2.24) is 15.5 Å². The van der Waals surface area contributed by atoms with Crippen molar-refractivity contribution in [1.29, 1.82) is 0 Å². The van der Waals surface area contributed by atoms with Gasteiger partial charge in [0.2, 0.25) is 0 Å². The number of nitrogens with one attached hydrogen (secondary N) is 2. The van der Waals surface area contributed by atoms with Gasteiger partial charge in [-0.1, -0.05) is 6.07 Å². The Kier molecular flexibility index (Phi) is 4.32. The topological polar surface area (TPSA) is 70.2 Å². The molecule has 1 aromatic carbocycles. The molecule has 2 N–H and O–H groups in total. The van der Waals surface area contributed by atoms with E-state index in [9.17, 15) is 18.0 Å². The van der Waals surface area contributed by atoms with Crippen LogP contribution < -0.4 is 15.0 Å². The predicted molar refractivity (Wildman–Crippen MR) is 79.8 cm³/mol. The summed E-state index contributed by atoms with van der Waals surface area (Å²) < 4.78 is 40.8. The lowest BCUT2D eigenvalue weighted by Crippen LogP contribution is -2.37. The number of carbonyl (C=O) groups is 1. The van der Waals surface area contributed by atoms with Gasteiger partial charge in [0.1, 0.15) is 11.4 Å². The Hall–Kier alpha value is -2.71. The third-order valence-corrected chi connectivity index (χ3v) is 3.69. The lowest BCUT2D eigenvalue weighted by atomic mass is 10.2. The molecule has 0 aliphatic carbocycles. The summed E-state index contributed by atoms with van der Waals surface area (Å²) in [6.45, 7) is 1.14. The molecule has 2 heterocycles. The molecule has 9 heteroatoms. The van der Waals surface area contributed by atoms with E-state index in [4.69, 9.17) is 0 Å². The van der Waals surface area contributed by atoms with Crippen molar-refractivity contribution in [3.05, 3.63) is 42.2 Å². The molecule has 0 radical (unpaired) electrons. The quantitative estimate of drug-likeness (QED) is 0.896. The molecule has 1 aliphatic heterocycles. The molecule has 0 saturated carbocycles. The van der Waals surface area contributed by atoms with Crippen LogP contribution in [0.3, 0.4) is 0 Å². The number of ether oxygens (including phenoxy) is 1. The fourth-order valence-electron chi connectivity index (χ4n) is 2.64. The molecular weight excluding hydrogens is 325 g/mol. The second-order valence-electron chi connectivity index (χ2n) is 5.42. The van der Waals surface area contributed by atoms with Crippen molar-refractivity contribution in [2.75, 3.05) is 18.0 Å². The van der Waals surface area contributed by atoms with Crippen molar-refractivity contribution >= 4 is 11.6 Å². The first-order chi connectivity index (χ1) is 11.4. The second kappa shape index (κ2) is 6.42. The minimum absolute atomic E-state index is 0.0898. The van der Waals surface area contributed by atoms with E-state index in [-0.39, 0.29) is 17.7 Å². The number of anilines is 1. The monoisotopic (exact) mass is 340 g/mol. The molecule has 24 heavy (non-hydrogen) atoms. The number of hydrogen-bond acceptors (Lipinski definition) is 4. The number of aromatic amines is 1. The number of H-pyrrole nitrogens is 1. The summed E-state index contributed by atoms with van der Waals surface area (Å²) in [5, 5.41) is 9.17. The van der Waals surface area contributed by atoms with E-state index >= 15 is 0 Å². The van der Waals surface area contributed by atoms with E-state index in [0.29, 0.717) is 30.9 Å². The zero-order valence-corrected chi connectivity index (χ0v) is 12.5. The van der Waals surface area contributed by atoms with Crippen molar-refractivity contribution in [3.63, 3.8) is 0 Å². The Labute approximate surface area is 135 Å². The van der Waals surface area contributed by atoms with Crippen LogP contribution in [0.15, 0.2) is 36.5 Å². The third-order valence-electron chi connectivity index (χ3n) is 3.69. The molecule has 6 nitrogen and oxygen atoms in total. The fourth-order valence-corrected chi connectivity index (χ4v) is 2.64.